The van der Waals surface area contributed by atoms with Gasteiger partial charge in [0.2, 0.25) is 0 Å². The molecule has 3 rings (SSSR count). The summed E-state index contributed by atoms with van der Waals surface area (Å²) in [6, 6.07) is 2.01. The number of nitrogens with zero attached hydrogens (tertiary/aromatic N) is 4. The Morgan fingerprint density at radius 2 is 2.43 bits per heavy atom. The summed E-state index contributed by atoms with van der Waals surface area (Å²) in [6.45, 7) is 3.88. The Morgan fingerprint density at radius 1 is 1.57 bits per heavy atom. The van der Waals surface area contributed by atoms with Gasteiger partial charge in [-0.25, -0.2) is 9.50 Å². The molecule has 0 amide bonds. The van der Waals surface area contributed by atoms with Gasteiger partial charge >= 0.3 is 5.97 Å². The summed E-state index contributed by atoms with van der Waals surface area (Å²) >= 11 is 0. The minimum absolute atomic E-state index is 0.169. The SMILES string of the molecule is COC(=O)CC1CN(c2nccn3nc(C)cc23)CCO1. The van der Waals surface area contributed by atoms with Gasteiger partial charge in [0, 0.05) is 25.5 Å². The number of hydrogen-bond donors (Lipinski definition) is 0. The Kier molecular flexibility index (Phi) is 3.74. The topological polar surface area (TPSA) is 69.0 Å². The first-order valence-corrected chi connectivity index (χ1v) is 6.91. The van der Waals surface area contributed by atoms with Gasteiger partial charge in [-0.2, -0.15) is 5.10 Å². The van der Waals surface area contributed by atoms with Crippen molar-refractivity contribution in [3.63, 3.8) is 0 Å². The molecule has 1 aliphatic rings. The Labute approximate surface area is 122 Å². The summed E-state index contributed by atoms with van der Waals surface area (Å²) in [5.41, 5.74) is 1.91. The average molecular weight is 290 g/mol. The van der Waals surface area contributed by atoms with Gasteiger partial charge in [0.05, 0.1) is 31.9 Å². The number of esters is 1. The van der Waals surface area contributed by atoms with E-state index in [-0.39, 0.29) is 18.5 Å². The monoisotopic (exact) mass is 290 g/mol. The number of rotatable bonds is 3. The van der Waals surface area contributed by atoms with E-state index in [0.717, 1.165) is 23.6 Å². The number of ether oxygens (including phenoxy) is 2. The average Bonchev–Trinajstić information content (AvgIpc) is 2.87. The molecule has 1 atom stereocenters. The molecule has 0 aliphatic carbocycles. The molecule has 1 aliphatic heterocycles. The molecule has 1 fully saturated rings. The Hall–Kier alpha value is -2.15. The second-order valence-corrected chi connectivity index (χ2v) is 5.09. The summed E-state index contributed by atoms with van der Waals surface area (Å²) in [5, 5.41) is 4.39. The molecule has 112 valence electrons. The standard InChI is InChI=1S/C14H18N4O3/c1-10-7-12-14(15-3-4-18(12)16-10)17-5-6-21-11(9-17)8-13(19)20-2/h3-4,7,11H,5-6,8-9H2,1-2H3. The number of hydrogen-bond acceptors (Lipinski definition) is 6. The van der Waals surface area contributed by atoms with E-state index in [9.17, 15) is 4.79 Å². The fourth-order valence-electron chi connectivity index (χ4n) is 2.58. The van der Waals surface area contributed by atoms with E-state index in [2.05, 4.69) is 15.0 Å². The van der Waals surface area contributed by atoms with E-state index in [0.29, 0.717) is 13.2 Å². The summed E-state index contributed by atoms with van der Waals surface area (Å²) in [5.74, 6) is 0.615. The van der Waals surface area contributed by atoms with Crippen molar-refractivity contribution in [3.8, 4) is 0 Å². The zero-order valence-corrected chi connectivity index (χ0v) is 12.2. The maximum atomic E-state index is 11.4. The van der Waals surface area contributed by atoms with Crippen molar-refractivity contribution in [1.82, 2.24) is 14.6 Å². The number of anilines is 1. The highest BCUT2D eigenvalue weighted by Gasteiger charge is 2.25. The van der Waals surface area contributed by atoms with Crippen LogP contribution in [0.5, 0.6) is 0 Å². The second-order valence-electron chi connectivity index (χ2n) is 5.09. The van der Waals surface area contributed by atoms with Gasteiger partial charge in [-0.1, -0.05) is 0 Å². The molecule has 0 aromatic carbocycles. The first-order chi connectivity index (χ1) is 10.2. The normalized spacial score (nSPS) is 19.0. The molecule has 0 radical (unpaired) electrons. The molecule has 7 heteroatoms. The maximum Gasteiger partial charge on any atom is 0.308 e. The molecular weight excluding hydrogens is 272 g/mol. The van der Waals surface area contributed by atoms with Crippen LogP contribution in [0.1, 0.15) is 12.1 Å². The number of carbonyl (C=O) groups is 1. The molecular formula is C14H18N4O3. The van der Waals surface area contributed by atoms with E-state index in [1.807, 2.05) is 23.7 Å². The van der Waals surface area contributed by atoms with E-state index in [4.69, 9.17) is 9.47 Å². The predicted molar refractivity (Wildman–Crippen MR) is 76.3 cm³/mol. The lowest BCUT2D eigenvalue weighted by atomic mass is 10.2. The Bertz CT molecular complexity index is 655. The van der Waals surface area contributed by atoms with Crippen LogP contribution < -0.4 is 4.90 Å². The lowest BCUT2D eigenvalue weighted by Gasteiger charge is -2.33. The van der Waals surface area contributed by atoms with E-state index in [1.165, 1.54) is 7.11 Å². The number of aryl methyl sites for hydroxylation is 1. The highest BCUT2D eigenvalue weighted by Crippen LogP contribution is 2.22. The number of fused-ring (bicyclic) bond motifs is 1. The van der Waals surface area contributed by atoms with Crippen LogP contribution in [0.2, 0.25) is 0 Å². The second kappa shape index (κ2) is 5.69. The molecule has 7 nitrogen and oxygen atoms in total. The van der Waals surface area contributed by atoms with Crippen molar-refractivity contribution in [2.75, 3.05) is 31.7 Å². The minimum atomic E-state index is -0.256. The third kappa shape index (κ3) is 2.82. The lowest BCUT2D eigenvalue weighted by molar-refractivity contribution is -0.144. The molecule has 21 heavy (non-hydrogen) atoms. The molecule has 0 saturated carbocycles. The first kappa shape index (κ1) is 13.8. The van der Waals surface area contributed by atoms with Gasteiger partial charge in [0.15, 0.2) is 5.82 Å². The quantitative estimate of drug-likeness (QED) is 0.779. The molecule has 2 aromatic heterocycles. The molecule has 0 bridgehead atoms. The fraction of sp³-hybridized carbons (Fsp3) is 0.500. The molecule has 1 unspecified atom stereocenters. The van der Waals surface area contributed by atoms with Crippen LogP contribution in [0.25, 0.3) is 5.52 Å². The van der Waals surface area contributed by atoms with Crippen LogP contribution in [-0.4, -0.2) is 53.5 Å². The van der Waals surface area contributed by atoms with Gasteiger partial charge in [-0.3, -0.25) is 4.79 Å². The highest BCUT2D eigenvalue weighted by atomic mass is 16.5. The largest absolute Gasteiger partial charge is 0.469 e. The summed E-state index contributed by atoms with van der Waals surface area (Å²) in [6.07, 6.45) is 3.66. The van der Waals surface area contributed by atoms with Crippen LogP contribution in [0.4, 0.5) is 5.82 Å². The zero-order valence-electron chi connectivity index (χ0n) is 12.2. The summed E-state index contributed by atoms with van der Waals surface area (Å²) < 4.78 is 12.1. The van der Waals surface area contributed by atoms with Crippen molar-refractivity contribution in [2.24, 2.45) is 0 Å². The highest BCUT2D eigenvalue weighted by molar-refractivity contribution is 5.71. The van der Waals surface area contributed by atoms with E-state index >= 15 is 0 Å². The summed E-state index contributed by atoms with van der Waals surface area (Å²) in [4.78, 5) is 18.0. The van der Waals surface area contributed by atoms with Crippen molar-refractivity contribution < 1.29 is 14.3 Å². The van der Waals surface area contributed by atoms with Crippen LogP contribution in [0.3, 0.4) is 0 Å². The molecule has 0 N–H and O–H groups in total. The lowest BCUT2D eigenvalue weighted by Crippen LogP contribution is -2.44. The Morgan fingerprint density at radius 3 is 3.24 bits per heavy atom. The zero-order chi connectivity index (χ0) is 14.8. The first-order valence-electron chi connectivity index (χ1n) is 6.91. The maximum absolute atomic E-state index is 11.4. The number of morpholine rings is 1. The molecule has 3 heterocycles. The van der Waals surface area contributed by atoms with Gasteiger partial charge in [0.25, 0.3) is 0 Å². The minimum Gasteiger partial charge on any atom is -0.469 e. The van der Waals surface area contributed by atoms with Crippen LogP contribution in [0.15, 0.2) is 18.5 Å². The fourth-order valence-corrected chi connectivity index (χ4v) is 2.58. The van der Waals surface area contributed by atoms with Crippen LogP contribution in [0, 0.1) is 6.92 Å². The van der Waals surface area contributed by atoms with Gasteiger partial charge < -0.3 is 14.4 Å². The third-order valence-corrected chi connectivity index (χ3v) is 3.55. The van der Waals surface area contributed by atoms with E-state index in [1.54, 1.807) is 6.20 Å². The van der Waals surface area contributed by atoms with Gasteiger partial charge in [-0.15, -0.1) is 0 Å². The number of aromatic nitrogens is 3. The number of methoxy groups -OCH3 is 1. The van der Waals surface area contributed by atoms with Crippen molar-refractivity contribution in [3.05, 3.63) is 24.2 Å². The van der Waals surface area contributed by atoms with Crippen molar-refractivity contribution in [2.45, 2.75) is 19.4 Å². The summed E-state index contributed by atoms with van der Waals surface area (Å²) in [7, 11) is 1.39. The van der Waals surface area contributed by atoms with Gasteiger partial charge in [0.1, 0.15) is 5.52 Å². The third-order valence-electron chi connectivity index (χ3n) is 3.55. The predicted octanol–water partition coefficient (Wildman–Crippen LogP) is 0.806. The molecule has 0 spiro atoms. The Balaban J connectivity index is 1.83. The van der Waals surface area contributed by atoms with E-state index < -0.39 is 0 Å². The van der Waals surface area contributed by atoms with Crippen molar-refractivity contribution >= 4 is 17.3 Å². The molecule has 2 aromatic rings. The van der Waals surface area contributed by atoms with Crippen LogP contribution in [-0.2, 0) is 14.3 Å². The van der Waals surface area contributed by atoms with Crippen LogP contribution >= 0.6 is 0 Å². The number of carbonyl (C=O) groups excluding carboxylic acids is 1. The van der Waals surface area contributed by atoms with Crippen molar-refractivity contribution in [1.29, 1.82) is 0 Å². The smallest absolute Gasteiger partial charge is 0.308 e. The molecule has 1 saturated heterocycles. The van der Waals surface area contributed by atoms with Gasteiger partial charge in [-0.05, 0) is 13.0 Å².